The van der Waals surface area contributed by atoms with Crippen molar-refractivity contribution in [1.82, 2.24) is 0 Å². The average Bonchev–Trinajstić information content (AvgIpc) is 2.24. The topological polar surface area (TPSA) is 20.2 Å². The molecule has 0 aromatic rings. The summed E-state index contributed by atoms with van der Waals surface area (Å²) in [6.07, 6.45) is 17.7. The first-order valence-electron chi connectivity index (χ1n) is 6.43. The van der Waals surface area contributed by atoms with Gasteiger partial charge in [-0.15, -0.1) is 12.3 Å². The van der Waals surface area contributed by atoms with Crippen LogP contribution in [0.1, 0.15) is 70.6 Å². The molecule has 0 aromatic carbocycles. The molecule has 0 amide bonds. The van der Waals surface area contributed by atoms with E-state index in [1.807, 2.05) is 0 Å². The summed E-state index contributed by atoms with van der Waals surface area (Å²) in [5.41, 5.74) is -0.315. The SMILES string of the molecule is C#CCCCCCCC1(O)CCCCC1. The van der Waals surface area contributed by atoms with E-state index in [1.165, 1.54) is 38.5 Å². The van der Waals surface area contributed by atoms with Crippen LogP contribution in [0.25, 0.3) is 0 Å². The summed E-state index contributed by atoms with van der Waals surface area (Å²) in [4.78, 5) is 0. The van der Waals surface area contributed by atoms with Gasteiger partial charge in [0.1, 0.15) is 0 Å². The van der Waals surface area contributed by atoms with Crippen LogP contribution in [-0.4, -0.2) is 10.7 Å². The molecule has 1 heteroatoms. The number of aliphatic hydroxyl groups is 1. The van der Waals surface area contributed by atoms with Crippen molar-refractivity contribution in [1.29, 1.82) is 0 Å². The predicted molar refractivity (Wildman–Crippen MR) is 64.6 cm³/mol. The normalized spacial score (nSPS) is 19.7. The van der Waals surface area contributed by atoms with Gasteiger partial charge in [0, 0.05) is 6.42 Å². The van der Waals surface area contributed by atoms with E-state index in [4.69, 9.17) is 6.42 Å². The van der Waals surface area contributed by atoms with E-state index in [9.17, 15) is 5.11 Å². The minimum atomic E-state index is -0.315. The largest absolute Gasteiger partial charge is 0.390 e. The summed E-state index contributed by atoms with van der Waals surface area (Å²) >= 11 is 0. The van der Waals surface area contributed by atoms with E-state index in [0.29, 0.717) is 0 Å². The van der Waals surface area contributed by atoms with Crippen molar-refractivity contribution in [3.05, 3.63) is 0 Å². The van der Waals surface area contributed by atoms with Crippen molar-refractivity contribution in [2.75, 3.05) is 0 Å². The maximum Gasteiger partial charge on any atom is 0.0647 e. The third kappa shape index (κ3) is 5.23. The molecule has 0 bridgehead atoms. The van der Waals surface area contributed by atoms with Gasteiger partial charge in [-0.25, -0.2) is 0 Å². The van der Waals surface area contributed by atoms with Crippen molar-refractivity contribution in [2.45, 2.75) is 76.2 Å². The van der Waals surface area contributed by atoms with E-state index in [1.54, 1.807) is 0 Å². The molecule has 1 saturated carbocycles. The Morgan fingerprint density at radius 2 is 1.67 bits per heavy atom. The van der Waals surface area contributed by atoms with E-state index in [0.717, 1.165) is 32.1 Å². The third-order valence-electron chi connectivity index (χ3n) is 3.50. The molecular formula is C14H24O. The Morgan fingerprint density at radius 1 is 1.00 bits per heavy atom. The first kappa shape index (κ1) is 12.6. The van der Waals surface area contributed by atoms with Crippen LogP contribution in [0, 0.1) is 12.3 Å². The zero-order valence-corrected chi connectivity index (χ0v) is 9.80. The molecule has 0 unspecified atom stereocenters. The monoisotopic (exact) mass is 208 g/mol. The van der Waals surface area contributed by atoms with Gasteiger partial charge in [0.2, 0.25) is 0 Å². The highest BCUT2D eigenvalue weighted by Crippen LogP contribution is 2.32. The van der Waals surface area contributed by atoms with Gasteiger partial charge in [0.05, 0.1) is 5.60 Å². The van der Waals surface area contributed by atoms with Crippen molar-refractivity contribution < 1.29 is 5.11 Å². The maximum atomic E-state index is 10.2. The Hall–Kier alpha value is -0.480. The number of unbranched alkanes of at least 4 members (excludes halogenated alkanes) is 4. The molecule has 1 nitrogen and oxygen atoms in total. The minimum absolute atomic E-state index is 0.315. The van der Waals surface area contributed by atoms with Gasteiger partial charge in [-0.05, 0) is 25.7 Å². The maximum absolute atomic E-state index is 10.2. The van der Waals surface area contributed by atoms with E-state index < -0.39 is 0 Å². The Kier molecular flexibility index (Phi) is 5.79. The van der Waals surface area contributed by atoms with Crippen LogP contribution in [0.2, 0.25) is 0 Å². The van der Waals surface area contributed by atoms with Gasteiger partial charge in [-0.1, -0.05) is 38.5 Å². The van der Waals surface area contributed by atoms with Gasteiger partial charge < -0.3 is 5.11 Å². The van der Waals surface area contributed by atoms with Crippen molar-refractivity contribution in [3.8, 4) is 12.3 Å². The molecule has 0 aromatic heterocycles. The Balaban J connectivity index is 2.01. The second-order valence-electron chi connectivity index (χ2n) is 4.90. The summed E-state index contributed by atoms with van der Waals surface area (Å²) < 4.78 is 0. The van der Waals surface area contributed by atoms with E-state index >= 15 is 0 Å². The quantitative estimate of drug-likeness (QED) is 0.522. The second kappa shape index (κ2) is 6.90. The highest BCUT2D eigenvalue weighted by molar-refractivity contribution is 4.83. The fourth-order valence-corrected chi connectivity index (χ4v) is 2.49. The standard InChI is InChI=1S/C14H24O/c1-2-3-4-5-6-8-11-14(15)12-9-7-10-13-14/h1,15H,3-13H2. The van der Waals surface area contributed by atoms with Crippen LogP contribution in [0.15, 0.2) is 0 Å². The molecular weight excluding hydrogens is 184 g/mol. The number of hydrogen-bond donors (Lipinski definition) is 1. The van der Waals surface area contributed by atoms with Crippen molar-refractivity contribution in [2.24, 2.45) is 0 Å². The van der Waals surface area contributed by atoms with Crippen LogP contribution in [0.5, 0.6) is 0 Å². The molecule has 1 aliphatic rings. The molecule has 0 heterocycles. The molecule has 1 fully saturated rings. The van der Waals surface area contributed by atoms with Crippen molar-refractivity contribution in [3.63, 3.8) is 0 Å². The Bertz CT molecular complexity index is 196. The summed E-state index contributed by atoms with van der Waals surface area (Å²) in [6.45, 7) is 0. The lowest BCUT2D eigenvalue weighted by Gasteiger charge is -2.32. The zero-order valence-electron chi connectivity index (χ0n) is 9.80. The highest BCUT2D eigenvalue weighted by atomic mass is 16.3. The summed E-state index contributed by atoms with van der Waals surface area (Å²) in [7, 11) is 0. The van der Waals surface area contributed by atoms with Crippen LogP contribution < -0.4 is 0 Å². The highest BCUT2D eigenvalue weighted by Gasteiger charge is 2.27. The molecule has 1 rings (SSSR count). The first-order chi connectivity index (χ1) is 7.27. The third-order valence-corrected chi connectivity index (χ3v) is 3.50. The minimum Gasteiger partial charge on any atom is -0.390 e. The summed E-state index contributed by atoms with van der Waals surface area (Å²) in [5, 5.41) is 10.2. The average molecular weight is 208 g/mol. The van der Waals surface area contributed by atoms with Crippen LogP contribution in [-0.2, 0) is 0 Å². The summed E-state index contributed by atoms with van der Waals surface area (Å²) in [5.74, 6) is 2.67. The molecule has 1 aliphatic carbocycles. The fraction of sp³-hybridized carbons (Fsp3) is 0.857. The molecule has 0 atom stereocenters. The van der Waals surface area contributed by atoms with E-state index in [2.05, 4.69) is 5.92 Å². The lowest BCUT2D eigenvalue weighted by Crippen LogP contribution is -2.30. The van der Waals surface area contributed by atoms with Gasteiger partial charge >= 0.3 is 0 Å². The van der Waals surface area contributed by atoms with Crippen LogP contribution >= 0.6 is 0 Å². The fourth-order valence-electron chi connectivity index (χ4n) is 2.49. The van der Waals surface area contributed by atoms with Crippen LogP contribution in [0.4, 0.5) is 0 Å². The predicted octanol–water partition coefficient (Wildman–Crippen LogP) is 3.66. The first-order valence-corrected chi connectivity index (χ1v) is 6.43. The second-order valence-corrected chi connectivity index (χ2v) is 4.90. The molecule has 0 aliphatic heterocycles. The molecule has 0 radical (unpaired) electrons. The van der Waals surface area contributed by atoms with Gasteiger partial charge in [0.15, 0.2) is 0 Å². The smallest absolute Gasteiger partial charge is 0.0647 e. The molecule has 1 N–H and O–H groups in total. The molecule has 86 valence electrons. The van der Waals surface area contributed by atoms with E-state index in [-0.39, 0.29) is 5.60 Å². The molecule has 15 heavy (non-hydrogen) atoms. The van der Waals surface area contributed by atoms with Crippen molar-refractivity contribution >= 4 is 0 Å². The molecule has 0 saturated heterocycles. The van der Waals surface area contributed by atoms with Gasteiger partial charge in [0.25, 0.3) is 0 Å². The summed E-state index contributed by atoms with van der Waals surface area (Å²) in [6, 6.07) is 0. The lowest BCUT2D eigenvalue weighted by atomic mass is 9.81. The zero-order chi connectivity index (χ0) is 11.0. The Labute approximate surface area is 94.3 Å². The molecule has 0 spiro atoms. The number of hydrogen-bond acceptors (Lipinski definition) is 1. The Morgan fingerprint density at radius 3 is 2.33 bits per heavy atom. The number of terminal acetylenes is 1. The van der Waals surface area contributed by atoms with Gasteiger partial charge in [-0.3, -0.25) is 0 Å². The van der Waals surface area contributed by atoms with Gasteiger partial charge in [-0.2, -0.15) is 0 Å². The lowest BCUT2D eigenvalue weighted by molar-refractivity contribution is -0.00586. The van der Waals surface area contributed by atoms with Crippen LogP contribution in [0.3, 0.4) is 0 Å². The number of rotatable bonds is 6.